The fraction of sp³-hybridized carbons (Fsp3) is 0.782. The maximum absolute atomic E-state index is 6.30. The van der Waals surface area contributed by atoms with Crippen molar-refractivity contribution >= 4 is 95.6 Å². The first-order valence-electron chi connectivity index (χ1n) is 26.4. The maximum atomic E-state index is 6.30. The molecule has 2 aromatic rings. The summed E-state index contributed by atoms with van der Waals surface area (Å²) in [6.07, 6.45) is 44.7. The van der Waals surface area contributed by atoms with Crippen LogP contribution in [0.5, 0.6) is 11.5 Å². The molecule has 4 nitrogen and oxygen atoms in total. The molecular weight excluding hydrogens is 1200 g/mol. The minimum absolute atomic E-state index is 0.000257. The molecule has 0 aliphatic carbocycles. The molecule has 65 heavy (non-hydrogen) atoms. The first-order valence-corrected chi connectivity index (χ1v) is 31.8. The number of alkyl halides is 2. The molecule has 2 rings (SSSR count). The Labute approximate surface area is 450 Å². The van der Waals surface area contributed by atoms with E-state index in [0.717, 1.165) is 72.5 Å². The van der Waals surface area contributed by atoms with Crippen LogP contribution in [0.1, 0.15) is 230 Å². The highest BCUT2D eigenvalue weighted by Crippen LogP contribution is 2.38. The summed E-state index contributed by atoms with van der Waals surface area (Å²) in [6.45, 7) is 7.12. The fourth-order valence-corrected chi connectivity index (χ4v) is 12.1. The lowest BCUT2D eigenvalue weighted by atomic mass is 10.0. The van der Waals surface area contributed by atoms with Crippen molar-refractivity contribution in [2.45, 2.75) is 238 Å². The van der Waals surface area contributed by atoms with Crippen LogP contribution in [0.2, 0.25) is 0 Å². The second-order valence-electron chi connectivity index (χ2n) is 18.5. The molecule has 2 atom stereocenters. The van der Waals surface area contributed by atoms with Gasteiger partial charge >= 0.3 is 0 Å². The van der Waals surface area contributed by atoms with Crippen LogP contribution in [-0.4, -0.2) is 49.3 Å². The van der Waals surface area contributed by atoms with Crippen LogP contribution in [0.25, 0.3) is 0 Å². The number of rotatable bonds is 46. The molecule has 0 bridgehead atoms. The zero-order valence-corrected chi connectivity index (χ0v) is 50.5. The summed E-state index contributed by atoms with van der Waals surface area (Å²) in [6, 6.07) is 8.57. The average molecular weight is 1290 g/mol. The van der Waals surface area contributed by atoms with E-state index in [4.69, 9.17) is 18.9 Å². The van der Waals surface area contributed by atoms with Crippen molar-refractivity contribution in [1.82, 2.24) is 0 Å². The van der Waals surface area contributed by atoms with E-state index in [2.05, 4.69) is 134 Å². The van der Waals surface area contributed by atoms with Crippen LogP contribution >= 0.6 is 95.6 Å². The molecule has 0 saturated heterocycles. The smallest absolute Gasteiger partial charge is 0.147 e. The summed E-state index contributed by atoms with van der Waals surface area (Å²) in [5, 5.41) is 1.48. The van der Waals surface area contributed by atoms with Gasteiger partial charge in [-0.3, -0.25) is 0 Å². The van der Waals surface area contributed by atoms with Crippen LogP contribution in [0.4, 0.5) is 0 Å². The van der Waals surface area contributed by atoms with E-state index in [0.29, 0.717) is 13.2 Å². The molecular formula is C55H90Br6O4. The Bertz CT molecular complexity index is 1260. The van der Waals surface area contributed by atoms with E-state index in [-0.39, 0.29) is 12.2 Å². The van der Waals surface area contributed by atoms with Gasteiger partial charge < -0.3 is 18.9 Å². The summed E-state index contributed by atoms with van der Waals surface area (Å²) < 4.78 is 28.7. The number of benzene rings is 2. The third-order valence-electron chi connectivity index (χ3n) is 12.4. The molecule has 2 unspecified atom stereocenters. The van der Waals surface area contributed by atoms with Crippen molar-refractivity contribution in [3.63, 3.8) is 0 Å². The highest BCUT2D eigenvalue weighted by Gasteiger charge is 2.17. The van der Waals surface area contributed by atoms with Gasteiger partial charge in [-0.1, -0.05) is 238 Å². The van der Waals surface area contributed by atoms with E-state index in [9.17, 15) is 0 Å². The van der Waals surface area contributed by atoms with Gasteiger partial charge in [0.2, 0.25) is 0 Å². The predicted molar refractivity (Wildman–Crippen MR) is 304 cm³/mol. The summed E-state index contributed by atoms with van der Waals surface area (Å²) >= 11 is 22.4. The number of hydrogen-bond acceptors (Lipinski definition) is 4. The lowest BCUT2D eigenvalue weighted by Crippen LogP contribution is -2.24. The minimum Gasteiger partial charge on any atom is -0.488 e. The quantitative estimate of drug-likeness (QED) is 0.0489. The van der Waals surface area contributed by atoms with Crippen molar-refractivity contribution in [1.29, 1.82) is 0 Å². The molecule has 10 heteroatoms. The van der Waals surface area contributed by atoms with Gasteiger partial charge in [0.05, 0.1) is 17.9 Å². The molecule has 2 aromatic carbocycles. The SMILES string of the molecule is CCCCCCCCCCCCCCCCCCOC(CBr)COc1c(Br)cc(Cc2cc(Br)c(OCC(CBr)OCCCCCCCCCCCCCCCCCC)c(Br)c2)cc1Br. The number of unbranched alkanes of at least 4 members (excludes halogenated alkanes) is 30. The normalized spacial score (nSPS) is 12.6. The lowest BCUT2D eigenvalue weighted by molar-refractivity contribution is 0.0335. The largest absolute Gasteiger partial charge is 0.488 e. The van der Waals surface area contributed by atoms with Crippen LogP contribution in [0.15, 0.2) is 42.2 Å². The monoisotopic (exact) mass is 1290 g/mol. The summed E-state index contributed by atoms with van der Waals surface area (Å²) in [5.41, 5.74) is 2.34. The molecule has 0 amide bonds. The Kier molecular flexibility index (Phi) is 41.6. The van der Waals surface area contributed by atoms with Gasteiger partial charge in [0.1, 0.15) is 36.9 Å². The zero-order chi connectivity index (χ0) is 47.0. The molecule has 0 spiro atoms. The highest BCUT2D eigenvalue weighted by atomic mass is 79.9. The topological polar surface area (TPSA) is 36.9 Å². The van der Waals surface area contributed by atoms with Crippen molar-refractivity contribution in [3.05, 3.63) is 53.3 Å². The van der Waals surface area contributed by atoms with Crippen molar-refractivity contribution in [2.24, 2.45) is 0 Å². The summed E-state index contributed by atoms with van der Waals surface area (Å²) in [4.78, 5) is 0. The van der Waals surface area contributed by atoms with Gasteiger partial charge in [-0.05, 0) is 118 Å². The van der Waals surface area contributed by atoms with Crippen LogP contribution < -0.4 is 9.47 Å². The Hall–Kier alpha value is 0.840. The Morgan fingerprint density at radius 2 is 0.585 bits per heavy atom. The second-order valence-corrected chi connectivity index (χ2v) is 23.2. The number of hydrogen-bond donors (Lipinski definition) is 0. The van der Waals surface area contributed by atoms with Gasteiger partial charge in [0.15, 0.2) is 0 Å². The highest BCUT2D eigenvalue weighted by molar-refractivity contribution is 9.11. The Morgan fingerprint density at radius 1 is 0.354 bits per heavy atom. The summed E-state index contributed by atoms with van der Waals surface area (Å²) in [5.74, 6) is 1.60. The second kappa shape index (κ2) is 43.6. The van der Waals surface area contributed by atoms with Gasteiger partial charge in [-0.2, -0.15) is 0 Å². The fourth-order valence-electron chi connectivity index (χ4n) is 8.37. The van der Waals surface area contributed by atoms with E-state index in [1.54, 1.807) is 0 Å². The number of halogens is 6. The Balaban J connectivity index is 1.59. The zero-order valence-electron chi connectivity index (χ0n) is 40.9. The molecule has 0 heterocycles. The molecule has 0 fully saturated rings. The van der Waals surface area contributed by atoms with Gasteiger partial charge in [-0.25, -0.2) is 0 Å². The molecule has 0 radical (unpaired) electrons. The van der Waals surface area contributed by atoms with Crippen molar-refractivity contribution < 1.29 is 18.9 Å². The molecule has 0 aliphatic heterocycles. The van der Waals surface area contributed by atoms with Crippen LogP contribution in [0, 0.1) is 0 Å². The van der Waals surface area contributed by atoms with Crippen LogP contribution in [0.3, 0.4) is 0 Å². The van der Waals surface area contributed by atoms with Gasteiger partial charge in [-0.15, -0.1) is 0 Å². The van der Waals surface area contributed by atoms with E-state index in [1.807, 2.05) is 0 Å². The lowest BCUT2D eigenvalue weighted by Gasteiger charge is -2.19. The third kappa shape index (κ3) is 32.4. The molecule has 0 N–H and O–H groups in total. The van der Waals surface area contributed by atoms with Crippen molar-refractivity contribution in [3.8, 4) is 11.5 Å². The maximum Gasteiger partial charge on any atom is 0.147 e. The average Bonchev–Trinajstić information content (AvgIpc) is 3.29. The third-order valence-corrected chi connectivity index (χ3v) is 16.2. The molecule has 0 saturated carbocycles. The van der Waals surface area contributed by atoms with E-state index < -0.39 is 0 Å². The number of ether oxygens (including phenoxy) is 4. The van der Waals surface area contributed by atoms with Gasteiger partial charge in [0.25, 0.3) is 0 Å². The van der Waals surface area contributed by atoms with Gasteiger partial charge in [0, 0.05) is 23.9 Å². The summed E-state index contributed by atoms with van der Waals surface area (Å²) in [7, 11) is 0. The Morgan fingerprint density at radius 3 is 0.815 bits per heavy atom. The van der Waals surface area contributed by atoms with E-state index >= 15 is 0 Å². The van der Waals surface area contributed by atoms with Crippen molar-refractivity contribution in [2.75, 3.05) is 37.1 Å². The molecule has 376 valence electrons. The minimum atomic E-state index is 0.000257. The first kappa shape index (κ1) is 62.0. The standard InChI is InChI=1S/C55H90Br6O4/c1-3-5-7-9-11-13-15-17-19-21-23-25-27-29-31-33-35-62-48(42-56)44-64-54-50(58)38-46(39-51(54)59)37-47-40-52(60)55(53(61)41-47)65-45-49(43-57)63-36-34-32-30-28-26-24-22-20-18-16-14-12-10-8-6-4-2/h38-41,48-49H,3-37,42-45H2,1-2H3. The van der Waals surface area contributed by atoms with E-state index in [1.165, 1.54) is 204 Å². The predicted octanol–water partition coefficient (Wildman–Crippen LogP) is 21.2. The molecule has 0 aromatic heterocycles. The van der Waals surface area contributed by atoms with Crippen LogP contribution in [-0.2, 0) is 15.9 Å². The molecule has 0 aliphatic rings. The first-order chi connectivity index (χ1) is 31.8.